The van der Waals surface area contributed by atoms with Gasteiger partial charge in [0.2, 0.25) is 5.95 Å². The van der Waals surface area contributed by atoms with Crippen molar-refractivity contribution >= 4 is 27.5 Å². The van der Waals surface area contributed by atoms with Gasteiger partial charge in [-0.2, -0.15) is 4.39 Å². The van der Waals surface area contributed by atoms with E-state index in [0.717, 1.165) is 0 Å². The van der Waals surface area contributed by atoms with Crippen LogP contribution in [0.25, 0.3) is 0 Å². The Morgan fingerprint density at radius 2 is 1.73 bits per heavy atom. The second kappa shape index (κ2) is 2.98. The average Bonchev–Trinajstić information content (AvgIpc) is 1.97. The van der Waals surface area contributed by atoms with Crippen LogP contribution in [0.4, 0.5) is 13.2 Å². The molecule has 1 rings (SSSR count). The van der Waals surface area contributed by atoms with Crippen LogP contribution in [0, 0.1) is 17.6 Å². The predicted octanol–water partition coefficient (Wildman–Crippen LogP) is 2.91. The van der Waals surface area contributed by atoms with E-state index in [0.29, 0.717) is 0 Å². The Morgan fingerprint density at radius 3 is 2.27 bits per heavy atom. The second-order valence-corrected chi connectivity index (χ2v) is 2.79. The van der Waals surface area contributed by atoms with E-state index in [-0.39, 0.29) is 0 Å². The Hall–Kier alpha value is -0.290. The lowest BCUT2D eigenvalue weighted by Crippen LogP contribution is -1.95. The maximum absolute atomic E-state index is 12.5. The van der Waals surface area contributed by atoms with E-state index in [9.17, 15) is 13.2 Å². The fourth-order valence-corrected chi connectivity index (χ4v) is 0.882. The van der Waals surface area contributed by atoms with Crippen molar-refractivity contribution in [1.29, 1.82) is 0 Å². The fourth-order valence-electron chi connectivity index (χ4n) is 0.462. The summed E-state index contributed by atoms with van der Waals surface area (Å²) in [4.78, 5) is 2.87. The Labute approximate surface area is 73.3 Å². The summed E-state index contributed by atoms with van der Waals surface area (Å²) in [6.07, 6.45) is 0. The maximum Gasteiger partial charge on any atom is 0.231 e. The van der Waals surface area contributed by atoms with Gasteiger partial charge in [-0.3, -0.25) is 0 Å². The van der Waals surface area contributed by atoms with Crippen molar-refractivity contribution in [2.24, 2.45) is 0 Å². The highest BCUT2D eigenvalue weighted by Gasteiger charge is 2.16. The monoisotopic (exact) mass is 245 g/mol. The van der Waals surface area contributed by atoms with Gasteiger partial charge in [-0.15, -0.1) is 0 Å². The zero-order valence-corrected chi connectivity index (χ0v) is 7.18. The number of rotatable bonds is 0. The zero-order valence-electron chi connectivity index (χ0n) is 4.84. The zero-order chi connectivity index (χ0) is 8.59. The molecular weight excluding hydrogens is 246 g/mol. The lowest BCUT2D eigenvalue weighted by Gasteiger charge is -1.97. The van der Waals surface area contributed by atoms with Crippen molar-refractivity contribution in [3.05, 3.63) is 27.2 Å². The molecule has 0 aromatic carbocycles. The summed E-state index contributed by atoms with van der Waals surface area (Å²) in [7, 11) is 0. The fraction of sp³-hybridized carbons (Fsp3) is 0. The van der Waals surface area contributed by atoms with E-state index in [4.69, 9.17) is 11.6 Å². The van der Waals surface area contributed by atoms with Crippen LogP contribution in [0.1, 0.15) is 0 Å². The topological polar surface area (TPSA) is 12.9 Å². The van der Waals surface area contributed by atoms with Crippen molar-refractivity contribution in [3.63, 3.8) is 0 Å². The Balaban J connectivity index is 3.46. The Bertz CT molecular complexity index is 278. The van der Waals surface area contributed by atoms with Crippen molar-refractivity contribution < 1.29 is 13.2 Å². The molecule has 0 spiro atoms. The molecule has 6 heteroatoms. The van der Waals surface area contributed by atoms with Crippen LogP contribution in [0.5, 0.6) is 0 Å². The van der Waals surface area contributed by atoms with Crippen LogP contribution in [-0.2, 0) is 0 Å². The number of pyridine rings is 1. The predicted molar refractivity (Wildman–Crippen MR) is 36.8 cm³/mol. The number of halogens is 5. The lowest BCUT2D eigenvalue weighted by atomic mass is 10.4. The van der Waals surface area contributed by atoms with Gasteiger partial charge in [0.1, 0.15) is 4.47 Å². The largest absolute Gasteiger partial charge is 0.231 e. The van der Waals surface area contributed by atoms with E-state index >= 15 is 0 Å². The Kier molecular flexibility index (Phi) is 2.39. The minimum Gasteiger partial charge on any atom is -0.203 e. The van der Waals surface area contributed by atoms with Gasteiger partial charge in [0.25, 0.3) is 0 Å². The first-order valence-electron chi connectivity index (χ1n) is 2.39. The summed E-state index contributed by atoms with van der Waals surface area (Å²) in [6.45, 7) is 0. The number of hydrogen-bond donors (Lipinski definition) is 0. The molecule has 0 N–H and O–H groups in total. The molecule has 0 saturated heterocycles. The van der Waals surface area contributed by atoms with Gasteiger partial charge in [-0.1, -0.05) is 11.6 Å². The molecule has 11 heavy (non-hydrogen) atoms. The third-order valence-corrected chi connectivity index (χ3v) is 1.87. The molecule has 0 saturated carbocycles. The first-order chi connectivity index (χ1) is 5.04. The number of aromatic nitrogens is 1. The smallest absolute Gasteiger partial charge is 0.203 e. The van der Waals surface area contributed by atoms with E-state index in [2.05, 4.69) is 20.9 Å². The average molecular weight is 246 g/mol. The van der Waals surface area contributed by atoms with Crippen molar-refractivity contribution in [2.75, 3.05) is 0 Å². The highest BCUT2D eigenvalue weighted by molar-refractivity contribution is 9.10. The van der Waals surface area contributed by atoms with E-state index < -0.39 is 27.2 Å². The molecule has 0 bridgehead atoms. The quantitative estimate of drug-likeness (QED) is 0.641. The van der Waals surface area contributed by atoms with Gasteiger partial charge >= 0.3 is 0 Å². The van der Waals surface area contributed by atoms with Crippen LogP contribution in [0.15, 0.2) is 4.47 Å². The SMILES string of the molecule is Fc1nc(Cl)c(F)c(F)c1Br. The minimum absolute atomic E-state index is 0.653. The molecule has 1 heterocycles. The molecule has 60 valence electrons. The summed E-state index contributed by atoms with van der Waals surface area (Å²) in [5.41, 5.74) is 0. The molecule has 0 atom stereocenters. The van der Waals surface area contributed by atoms with Crippen LogP contribution < -0.4 is 0 Å². The van der Waals surface area contributed by atoms with E-state index in [1.807, 2.05) is 0 Å². The van der Waals surface area contributed by atoms with Gasteiger partial charge in [0.15, 0.2) is 16.8 Å². The van der Waals surface area contributed by atoms with Gasteiger partial charge in [0, 0.05) is 0 Å². The van der Waals surface area contributed by atoms with Crippen LogP contribution >= 0.6 is 27.5 Å². The third kappa shape index (κ3) is 1.49. The Morgan fingerprint density at radius 1 is 1.18 bits per heavy atom. The number of nitrogens with zero attached hydrogens (tertiary/aromatic N) is 1. The molecule has 0 aliphatic heterocycles. The first-order valence-corrected chi connectivity index (χ1v) is 3.56. The molecular formula is C5BrClF3N. The molecule has 0 unspecified atom stereocenters. The van der Waals surface area contributed by atoms with Crippen molar-refractivity contribution in [2.45, 2.75) is 0 Å². The summed E-state index contributed by atoms with van der Waals surface area (Å²) in [6, 6.07) is 0. The second-order valence-electron chi connectivity index (χ2n) is 1.64. The van der Waals surface area contributed by atoms with Gasteiger partial charge in [-0.05, 0) is 15.9 Å². The molecule has 0 radical (unpaired) electrons. The summed E-state index contributed by atoms with van der Waals surface area (Å²) >= 11 is 7.46. The molecule has 0 aliphatic carbocycles. The summed E-state index contributed by atoms with van der Waals surface area (Å²) in [5.74, 6) is -3.91. The van der Waals surface area contributed by atoms with Crippen LogP contribution in [0.2, 0.25) is 5.15 Å². The van der Waals surface area contributed by atoms with E-state index in [1.54, 1.807) is 0 Å². The minimum atomic E-state index is -1.37. The molecule has 1 aromatic heterocycles. The first kappa shape index (κ1) is 8.80. The molecule has 0 amide bonds. The third-order valence-electron chi connectivity index (χ3n) is 0.944. The standard InChI is InChI=1S/C5BrClF3N/c6-1-2(8)3(9)4(7)11-5(1)10. The van der Waals surface area contributed by atoms with Crippen LogP contribution in [0.3, 0.4) is 0 Å². The lowest BCUT2D eigenvalue weighted by molar-refractivity contribution is 0.471. The molecule has 0 aliphatic rings. The van der Waals surface area contributed by atoms with Gasteiger partial charge < -0.3 is 0 Å². The maximum atomic E-state index is 12.5. The molecule has 1 aromatic rings. The summed E-state index contributed by atoms with van der Waals surface area (Å²) in [5, 5.41) is -0.816. The van der Waals surface area contributed by atoms with Crippen molar-refractivity contribution in [1.82, 2.24) is 4.98 Å². The number of hydrogen-bond acceptors (Lipinski definition) is 1. The van der Waals surface area contributed by atoms with Gasteiger partial charge in [0.05, 0.1) is 0 Å². The van der Waals surface area contributed by atoms with E-state index in [1.165, 1.54) is 0 Å². The molecule has 1 nitrogen and oxygen atoms in total. The van der Waals surface area contributed by atoms with Crippen molar-refractivity contribution in [3.8, 4) is 0 Å². The summed E-state index contributed by atoms with van der Waals surface area (Å²) < 4.78 is 36.6. The molecule has 0 fully saturated rings. The van der Waals surface area contributed by atoms with Crippen LogP contribution in [-0.4, -0.2) is 4.98 Å². The van der Waals surface area contributed by atoms with Gasteiger partial charge in [-0.25, -0.2) is 13.8 Å². The highest BCUT2D eigenvalue weighted by Crippen LogP contribution is 2.24. The highest BCUT2D eigenvalue weighted by atomic mass is 79.9. The normalized spacial score (nSPS) is 10.3.